The molecule has 0 aliphatic carbocycles. The van der Waals surface area contributed by atoms with E-state index in [-0.39, 0.29) is 0 Å². The summed E-state index contributed by atoms with van der Waals surface area (Å²) in [5.41, 5.74) is 13.6. The number of nitrogens with zero attached hydrogens (tertiary/aromatic N) is 4. The molecule has 0 aliphatic rings. The largest absolute Gasteiger partial charge is 0.309 e. The molecule has 0 aliphatic heterocycles. The van der Waals surface area contributed by atoms with Gasteiger partial charge in [0.1, 0.15) is 0 Å². The minimum Gasteiger partial charge on any atom is -0.309 e. The number of para-hydroxylation sites is 2. The lowest BCUT2D eigenvalue weighted by molar-refractivity contribution is 1.13. The van der Waals surface area contributed by atoms with Gasteiger partial charge in [0.2, 0.25) is 0 Å². The summed E-state index contributed by atoms with van der Waals surface area (Å²) in [7, 11) is 0. The summed E-state index contributed by atoms with van der Waals surface area (Å²) >= 11 is 0. The molecule has 0 unspecified atom stereocenters. The van der Waals surface area contributed by atoms with Crippen LogP contribution in [0.4, 0.5) is 0 Å². The van der Waals surface area contributed by atoms with E-state index in [9.17, 15) is 5.26 Å². The number of pyridine rings is 1. The summed E-state index contributed by atoms with van der Waals surface area (Å²) in [6.07, 6.45) is 3.83. The Balaban J connectivity index is 1.24. The van der Waals surface area contributed by atoms with Crippen molar-refractivity contribution in [2.45, 2.75) is 0 Å². The van der Waals surface area contributed by atoms with Crippen molar-refractivity contribution in [2.75, 3.05) is 0 Å². The number of fused-ring (bicyclic) bond motifs is 6. The van der Waals surface area contributed by atoms with E-state index < -0.39 is 0 Å². The zero-order chi connectivity index (χ0) is 34.6. The molecular formula is C48H30N4. The van der Waals surface area contributed by atoms with Gasteiger partial charge in [-0.3, -0.25) is 4.98 Å². The van der Waals surface area contributed by atoms with Gasteiger partial charge in [0.15, 0.2) is 0 Å². The van der Waals surface area contributed by atoms with Gasteiger partial charge < -0.3 is 9.13 Å². The van der Waals surface area contributed by atoms with E-state index in [1.54, 1.807) is 0 Å². The first-order valence-electron chi connectivity index (χ1n) is 17.4. The Morgan fingerprint density at radius 1 is 0.404 bits per heavy atom. The Kier molecular flexibility index (Phi) is 6.84. The second-order valence-corrected chi connectivity index (χ2v) is 13.1. The highest BCUT2D eigenvalue weighted by molar-refractivity contribution is 6.12. The van der Waals surface area contributed by atoms with E-state index in [1.807, 2.05) is 30.6 Å². The van der Waals surface area contributed by atoms with Crippen LogP contribution in [-0.4, -0.2) is 14.1 Å². The molecule has 7 aromatic carbocycles. The third kappa shape index (κ3) is 4.65. The molecule has 10 aromatic rings. The van der Waals surface area contributed by atoms with Crippen LogP contribution in [0.2, 0.25) is 0 Å². The number of rotatable bonds is 5. The predicted octanol–water partition coefficient (Wildman–Crippen LogP) is 12.1. The van der Waals surface area contributed by atoms with Crippen molar-refractivity contribution in [1.29, 1.82) is 5.26 Å². The topological polar surface area (TPSA) is 46.5 Å². The van der Waals surface area contributed by atoms with Crippen molar-refractivity contribution in [3.63, 3.8) is 0 Å². The maximum absolute atomic E-state index is 10.2. The van der Waals surface area contributed by atoms with E-state index in [0.29, 0.717) is 5.56 Å². The fourth-order valence-electron chi connectivity index (χ4n) is 7.89. The second kappa shape index (κ2) is 12.0. The Hall–Kier alpha value is -7.22. The average molecular weight is 663 g/mol. The number of benzene rings is 7. The van der Waals surface area contributed by atoms with Crippen LogP contribution in [0.3, 0.4) is 0 Å². The lowest BCUT2D eigenvalue weighted by Gasteiger charge is -2.18. The third-order valence-electron chi connectivity index (χ3n) is 10.3. The van der Waals surface area contributed by atoms with Gasteiger partial charge in [-0.1, -0.05) is 115 Å². The van der Waals surface area contributed by atoms with Crippen LogP contribution < -0.4 is 0 Å². The Morgan fingerprint density at radius 2 is 0.904 bits per heavy atom. The normalized spacial score (nSPS) is 11.4. The van der Waals surface area contributed by atoms with Crippen LogP contribution in [0.5, 0.6) is 0 Å². The zero-order valence-corrected chi connectivity index (χ0v) is 28.1. The lowest BCUT2D eigenvalue weighted by atomic mass is 10.00. The van der Waals surface area contributed by atoms with Crippen molar-refractivity contribution in [3.05, 3.63) is 188 Å². The van der Waals surface area contributed by atoms with Gasteiger partial charge >= 0.3 is 0 Å². The van der Waals surface area contributed by atoms with Crippen molar-refractivity contribution < 1.29 is 0 Å². The molecule has 4 nitrogen and oxygen atoms in total. The van der Waals surface area contributed by atoms with Crippen LogP contribution >= 0.6 is 0 Å². The first-order valence-corrected chi connectivity index (χ1v) is 17.4. The highest BCUT2D eigenvalue weighted by Crippen LogP contribution is 2.42. The molecular weight excluding hydrogens is 633 g/mol. The third-order valence-corrected chi connectivity index (χ3v) is 10.3. The summed E-state index contributed by atoms with van der Waals surface area (Å²) in [5.74, 6) is 0. The van der Waals surface area contributed by atoms with Crippen LogP contribution in [0.25, 0.3) is 88.4 Å². The molecule has 0 amide bonds. The summed E-state index contributed by atoms with van der Waals surface area (Å²) in [4.78, 5) is 4.69. The van der Waals surface area contributed by atoms with Crippen LogP contribution in [-0.2, 0) is 0 Å². The van der Waals surface area contributed by atoms with Gasteiger partial charge in [0.25, 0.3) is 0 Å². The maximum atomic E-state index is 10.2. The Bertz CT molecular complexity index is 3020. The smallest absolute Gasteiger partial charge is 0.0992 e. The molecule has 0 fully saturated rings. The summed E-state index contributed by atoms with van der Waals surface area (Å²) in [6.45, 7) is 0. The average Bonchev–Trinajstić information content (AvgIpc) is 3.73. The minimum absolute atomic E-state index is 0.603. The molecule has 4 heteroatoms. The quantitative estimate of drug-likeness (QED) is 0.184. The van der Waals surface area contributed by atoms with Crippen LogP contribution in [0.1, 0.15) is 5.56 Å². The Labute approximate surface area is 300 Å². The minimum atomic E-state index is 0.603. The SMILES string of the molecule is N#Cc1ccc(-c2ccncc2-n2c3ccccc3c3cc(-c4ccccc4)ccc32)c(-n2c3ccccc3c3cc(-c4ccccc4)ccc32)c1. The van der Waals surface area contributed by atoms with E-state index in [2.05, 4.69) is 167 Å². The molecule has 0 saturated carbocycles. The van der Waals surface area contributed by atoms with Crippen molar-refractivity contribution in [1.82, 2.24) is 14.1 Å². The van der Waals surface area contributed by atoms with Gasteiger partial charge in [0, 0.05) is 38.9 Å². The molecule has 0 atom stereocenters. The Morgan fingerprint density at radius 3 is 1.48 bits per heavy atom. The number of hydrogen-bond acceptors (Lipinski definition) is 2. The van der Waals surface area contributed by atoms with E-state index in [1.165, 1.54) is 33.0 Å². The molecule has 0 saturated heterocycles. The molecule has 0 bridgehead atoms. The molecule has 3 heterocycles. The molecule has 0 N–H and O–H groups in total. The summed E-state index contributed by atoms with van der Waals surface area (Å²) < 4.78 is 4.65. The summed E-state index contributed by atoms with van der Waals surface area (Å²) in [6, 6.07) is 62.1. The number of hydrogen-bond donors (Lipinski definition) is 0. The van der Waals surface area contributed by atoms with Gasteiger partial charge in [-0.05, 0) is 76.9 Å². The first kappa shape index (κ1) is 29.7. The molecule has 52 heavy (non-hydrogen) atoms. The molecule has 3 aromatic heterocycles. The standard InChI is InChI=1S/C48H30N4/c49-30-32-19-22-39(47(27-32)51-43-17-9-7-15-37(43)41-28-35(20-23-45(41)51)33-11-3-1-4-12-33)40-25-26-50-31-48(40)52-44-18-10-8-16-38(44)42-29-36(21-24-46(42)52)34-13-5-2-6-14-34/h1-29,31H. The van der Waals surface area contributed by atoms with Crippen molar-refractivity contribution in [2.24, 2.45) is 0 Å². The van der Waals surface area contributed by atoms with Crippen LogP contribution in [0.15, 0.2) is 182 Å². The number of nitriles is 1. The lowest BCUT2D eigenvalue weighted by Crippen LogP contribution is -2.02. The summed E-state index contributed by atoms with van der Waals surface area (Å²) in [5, 5.41) is 14.9. The van der Waals surface area contributed by atoms with Crippen molar-refractivity contribution >= 4 is 43.6 Å². The second-order valence-electron chi connectivity index (χ2n) is 13.1. The first-order chi connectivity index (χ1) is 25.8. The monoisotopic (exact) mass is 662 g/mol. The van der Waals surface area contributed by atoms with E-state index >= 15 is 0 Å². The van der Waals surface area contributed by atoms with Gasteiger partial charge in [-0.2, -0.15) is 5.26 Å². The maximum Gasteiger partial charge on any atom is 0.0992 e. The highest BCUT2D eigenvalue weighted by atomic mass is 15.0. The predicted molar refractivity (Wildman–Crippen MR) is 214 cm³/mol. The van der Waals surface area contributed by atoms with Gasteiger partial charge in [-0.25, -0.2) is 0 Å². The molecule has 0 spiro atoms. The van der Waals surface area contributed by atoms with Gasteiger partial charge in [-0.15, -0.1) is 0 Å². The molecule has 10 rings (SSSR count). The molecule has 0 radical (unpaired) electrons. The molecule has 242 valence electrons. The van der Waals surface area contributed by atoms with Crippen molar-refractivity contribution in [3.8, 4) is 50.8 Å². The van der Waals surface area contributed by atoms with E-state index in [0.717, 1.165) is 55.3 Å². The highest BCUT2D eigenvalue weighted by Gasteiger charge is 2.21. The van der Waals surface area contributed by atoms with E-state index in [4.69, 9.17) is 4.98 Å². The zero-order valence-electron chi connectivity index (χ0n) is 28.1. The van der Waals surface area contributed by atoms with Crippen LogP contribution in [0, 0.1) is 11.3 Å². The fraction of sp³-hybridized carbons (Fsp3) is 0. The van der Waals surface area contributed by atoms with Gasteiger partial charge in [0.05, 0.1) is 51.3 Å². The number of aromatic nitrogens is 3. The fourth-order valence-corrected chi connectivity index (χ4v) is 7.89.